The number of nitrogens with zero attached hydrogens (tertiary/aromatic N) is 1. The summed E-state index contributed by atoms with van der Waals surface area (Å²) in [6.07, 6.45) is 7.64. The van der Waals surface area contributed by atoms with Gasteiger partial charge in [-0.1, -0.05) is 13.3 Å². The molecule has 4 nitrogen and oxygen atoms in total. The highest BCUT2D eigenvalue weighted by molar-refractivity contribution is 5.78. The van der Waals surface area contributed by atoms with Crippen LogP contribution in [0.1, 0.15) is 58.8 Å². The Morgan fingerprint density at radius 1 is 1.25 bits per heavy atom. The summed E-state index contributed by atoms with van der Waals surface area (Å²) in [5.41, 5.74) is 0. The van der Waals surface area contributed by atoms with E-state index in [4.69, 9.17) is 0 Å². The van der Waals surface area contributed by atoms with Crippen molar-refractivity contribution in [3.8, 4) is 0 Å². The van der Waals surface area contributed by atoms with Crippen molar-refractivity contribution in [2.24, 2.45) is 5.92 Å². The number of piperidine rings is 1. The van der Waals surface area contributed by atoms with E-state index < -0.39 is 0 Å². The van der Waals surface area contributed by atoms with E-state index in [2.05, 4.69) is 17.1 Å². The van der Waals surface area contributed by atoms with Crippen molar-refractivity contribution < 1.29 is 9.90 Å². The van der Waals surface area contributed by atoms with E-state index in [9.17, 15) is 9.90 Å². The molecule has 2 N–H and O–H groups in total. The molecule has 2 atom stereocenters. The molecule has 2 fully saturated rings. The average molecular weight is 282 g/mol. The highest BCUT2D eigenvalue weighted by Gasteiger charge is 2.28. The molecule has 1 saturated heterocycles. The van der Waals surface area contributed by atoms with Gasteiger partial charge in [0.05, 0.1) is 12.6 Å². The van der Waals surface area contributed by atoms with E-state index >= 15 is 0 Å². The van der Waals surface area contributed by atoms with Gasteiger partial charge in [-0.25, -0.2) is 0 Å². The number of carbonyl (C=O) groups is 1. The molecule has 0 radical (unpaired) electrons. The topological polar surface area (TPSA) is 52.6 Å². The van der Waals surface area contributed by atoms with Gasteiger partial charge in [-0.15, -0.1) is 0 Å². The number of aliphatic hydroxyl groups is 1. The van der Waals surface area contributed by atoms with Gasteiger partial charge in [-0.2, -0.15) is 0 Å². The van der Waals surface area contributed by atoms with E-state index in [0.29, 0.717) is 12.6 Å². The second kappa shape index (κ2) is 7.41. The first kappa shape index (κ1) is 15.8. The highest BCUT2D eigenvalue weighted by Crippen LogP contribution is 2.23. The van der Waals surface area contributed by atoms with Gasteiger partial charge in [-0.3, -0.25) is 9.69 Å². The van der Waals surface area contributed by atoms with Crippen molar-refractivity contribution in [1.82, 2.24) is 10.2 Å². The lowest BCUT2D eigenvalue weighted by Gasteiger charge is -2.37. The highest BCUT2D eigenvalue weighted by atomic mass is 16.3. The minimum Gasteiger partial charge on any atom is -0.392 e. The first-order chi connectivity index (χ1) is 9.56. The van der Waals surface area contributed by atoms with Crippen molar-refractivity contribution in [1.29, 1.82) is 0 Å². The first-order valence-electron chi connectivity index (χ1n) is 8.27. The molecular weight excluding hydrogens is 252 g/mol. The van der Waals surface area contributed by atoms with Crippen molar-refractivity contribution in [3.63, 3.8) is 0 Å². The van der Waals surface area contributed by atoms with Crippen LogP contribution in [0.2, 0.25) is 0 Å². The Kier molecular flexibility index (Phi) is 5.85. The van der Waals surface area contributed by atoms with Gasteiger partial charge in [0.25, 0.3) is 0 Å². The van der Waals surface area contributed by atoms with Crippen LogP contribution in [0, 0.1) is 5.92 Å². The number of hydrogen-bond acceptors (Lipinski definition) is 3. The molecule has 2 rings (SSSR count). The Balaban J connectivity index is 1.78. The van der Waals surface area contributed by atoms with Gasteiger partial charge in [0, 0.05) is 12.1 Å². The maximum Gasteiger partial charge on any atom is 0.234 e. The van der Waals surface area contributed by atoms with Crippen LogP contribution in [-0.4, -0.2) is 47.2 Å². The van der Waals surface area contributed by atoms with E-state index in [1.165, 1.54) is 12.8 Å². The van der Waals surface area contributed by atoms with Crippen molar-refractivity contribution in [3.05, 3.63) is 0 Å². The van der Waals surface area contributed by atoms with Crippen LogP contribution in [0.25, 0.3) is 0 Å². The van der Waals surface area contributed by atoms with Gasteiger partial charge >= 0.3 is 0 Å². The third-order valence-electron chi connectivity index (χ3n) is 4.95. The van der Waals surface area contributed by atoms with Crippen LogP contribution in [-0.2, 0) is 4.79 Å². The molecule has 1 amide bonds. The molecule has 0 aromatic heterocycles. The smallest absolute Gasteiger partial charge is 0.234 e. The van der Waals surface area contributed by atoms with Crippen LogP contribution in [0.4, 0.5) is 0 Å². The number of carbonyl (C=O) groups excluding carboxylic acids is 1. The first-order valence-corrected chi connectivity index (χ1v) is 8.27. The third-order valence-corrected chi connectivity index (χ3v) is 4.95. The van der Waals surface area contributed by atoms with Crippen LogP contribution in [0.3, 0.4) is 0 Å². The number of rotatable bonds is 4. The van der Waals surface area contributed by atoms with Gasteiger partial charge in [-0.05, 0) is 57.9 Å². The summed E-state index contributed by atoms with van der Waals surface area (Å²) in [7, 11) is 0. The molecule has 0 aromatic carbocycles. The fraction of sp³-hybridized carbons (Fsp3) is 0.938. The molecule has 0 spiro atoms. The van der Waals surface area contributed by atoms with Gasteiger partial charge in [0.1, 0.15) is 0 Å². The minimum atomic E-state index is -0.348. The average Bonchev–Trinajstić information content (AvgIpc) is 2.41. The SMILES string of the molecule is CC1CCC(NC(=O)CN2CCCC[C@H]2[C@@H](C)O)CC1. The van der Waals surface area contributed by atoms with E-state index in [1.807, 2.05) is 6.92 Å². The third kappa shape index (κ3) is 4.45. The Morgan fingerprint density at radius 3 is 2.60 bits per heavy atom. The molecule has 1 aliphatic carbocycles. The largest absolute Gasteiger partial charge is 0.392 e. The van der Waals surface area contributed by atoms with E-state index in [1.54, 1.807) is 0 Å². The summed E-state index contributed by atoms with van der Waals surface area (Å²) >= 11 is 0. The second-order valence-electron chi connectivity index (χ2n) is 6.80. The summed E-state index contributed by atoms with van der Waals surface area (Å²) in [5.74, 6) is 0.946. The molecule has 0 unspecified atom stereocenters. The van der Waals surface area contributed by atoms with E-state index in [0.717, 1.165) is 44.6 Å². The summed E-state index contributed by atoms with van der Waals surface area (Å²) in [5, 5.41) is 13.0. The summed E-state index contributed by atoms with van der Waals surface area (Å²) in [6, 6.07) is 0.523. The quantitative estimate of drug-likeness (QED) is 0.828. The number of amides is 1. The van der Waals surface area contributed by atoms with Crippen LogP contribution < -0.4 is 5.32 Å². The maximum atomic E-state index is 12.2. The minimum absolute atomic E-state index is 0.136. The van der Waals surface area contributed by atoms with Crippen LogP contribution >= 0.6 is 0 Å². The zero-order valence-corrected chi connectivity index (χ0v) is 13.0. The van der Waals surface area contributed by atoms with Crippen LogP contribution in [0.5, 0.6) is 0 Å². The fourth-order valence-corrected chi connectivity index (χ4v) is 3.62. The monoisotopic (exact) mass is 282 g/mol. The standard InChI is InChI=1S/C16H30N2O2/c1-12-6-8-14(9-7-12)17-16(20)11-18-10-4-3-5-15(18)13(2)19/h12-15,19H,3-11H2,1-2H3,(H,17,20)/t12?,13-,14?,15+/m1/s1. The molecule has 2 aliphatic rings. The molecule has 20 heavy (non-hydrogen) atoms. The molecule has 1 saturated carbocycles. The maximum absolute atomic E-state index is 12.2. The molecule has 0 bridgehead atoms. The van der Waals surface area contributed by atoms with Crippen molar-refractivity contribution >= 4 is 5.91 Å². The van der Waals surface area contributed by atoms with Gasteiger partial charge in [0.15, 0.2) is 0 Å². The normalized spacial score (nSPS) is 33.6. The number of aliphatic hydroxyl groups excluding tert-OH is 1. The summed E-state index contributed by atoms with van der Waals surface area (Å²) in [6.45, 7) is 5.51. The lowest BCUT2D eigenvalue weighted by atomic mass is 9.87. The lowest BCUT2D eigenvalue weighted by Crippen LogP contribution is -2.51. The Bertz CT molecular complexity index is 312. The number of nitrogens with one attached hydrogen (secondary N) is 1. The second-order valence-corrected chi connectivity index (χ2v) is 6.80. The molecule has 116 valence electrons. The summed E-state index contributed by atoms with van der Waals surface area (Å²) < 4.78 is 0. The number of likely N-dealkylation sites (tertiary alicyclic amines) is 1. The predicted molar refractivity (Wildman–Crippen MR) is 80.5 cm³/mol. The molecule has 1 aliphatic heterocycles. The van der Waals surface area contributed by atoms with Gasteiger partial charge < -0.3 is 10.4 Å². The lowest BCUT2D eigenvalue weighted by molar-refractivity contribution is -0.124. The zero-order chi connectivity index (χ0) is 14.5. The Labute approximate surface area is 122 Å². The van der Waals surface area contributed by atoms with Crippen molar-refractivity contribution in [2.75, 3.05) is 13.1 Å². The fourth-order valence-electron chi connectivity index (χ4n) is 3.62. The van der Waals surface area contributed by atoms with Crippen LogP contribution in [0.15, 0.2) is 0 Å². The number of hydrogen-bond donors (Lipinski definition) is 2. The predicted octanol–water partition coefficient (Wildman–Crippen LogP) is 1.92. The molecule has 0 aromatic rings. The van der Waals surface area contributed by atoms with Crippen molar-refractivity contribution in [2.45, 2.75) is 77.0 Å². The molecule has 1 heterocycles. The van der Waals surface area contributed by atoms with Gasteiger partial charge in [0.2, 0.25) is 5.91 Å². The Morgan fingerprint density at radius 2 is 1.95 bits per heavy atom. The summed E-state index contributed by atoms with van der Waals surface area (Å²) in [4.78, 5) is 14.4. The molecule has 4 heteroatoms. The zero-order valence-electron chi connectivity index (χ0n) is 13.0. The van der Waals surface area contributed by atoms with E-state index in [-0.39, 0.29) is 18.1 Å². The molecular formula is C16H30N2O2. The Hall–Kier alpha value is -0.610.